The summed E-state index contributed by atoms with van der Waals surface area (Å²) < 4.78 is 20.2. The molecule has 0 saturated carbocycles. The average Bonchev–Trinajstić information content (AvgIpc) is 3.39. The van der Waals surface area contributed by atoms with E-state index in [4.69, 9.17) is 13.9 Å². The molecular weight excluding hydrogens is 378 g/mol. The summed E-state index contributed by atoms with van der Waals surface area (Å²) in [5, 5.41) is 17.4. The van der Waals surface area contributed by atoms with Gasteiger partial charge in [0.1, 0.15) is 11.4 Å². The summed E-state index contributed by atoms with van der Waals surface area (Å²) in [7, 11) is 3.02. The highest BCUT2D eigenvalue weighted by molar-refractivity contribution is 7.03. The summed E-state index contributed by atoms with van der Waals surface area (Å²) in [6, 6.07) is 9.40. The number of aliphatic imine (C=N–C) groups is 1. The molecule has 4 aromatic rings. The van der Waals surface area contributed by atoms with Crippen LogP contribution in [0.15, 0.2) is 51.4 Å². The van der Waals surface area contributed by atoms with Gasteiger partial charge in [-0.15, -0.1) is 5.10 Å². The smallest absolute Gasteiger partial charge is 0.205 e. The van der Waals surface area contributed by atoms with Gasteiger partial charge in [-0.3, -0.25) is 4.99 Å². The number of furan rings is 1. The standard InChI is InChI=1S/C20H17N3O4S/c1-11(21-13-6-4-12(5-7-13)15-10-28-23-22-15)16-17(24)20(26-3)19-14(8-9-27-19)18(16)25-2/h4-10,24H,1-3H3. The van der Waals surface area contributed by atoms with Gasteiger partial charge in [0.25, 0.3) is 0 Å². The van der Waals surface area contributed by atoms with Crippen LogP contribution in [0.2, 0.25) is 0 Å². The molecule has 2 aromatic carbocycles. The first-order chi connectivity index (χ1) is 13.6. The number of fused-ring (bicyclic) bond motifs is 1. The summed E-state index contributed by atoms with van der Waals surface area (Å²) in [5.41, 5.74) is 3.99. The maximum absolute atomic E-state index is 10.8. The highest BCUT2D eigenvalue weighted by Crippen LogP contribution is 2.46. The number of hydrogen-bond donors (Lipinski definition) is 1. The number of phenols is 1. The minimum Gasteiger partial charge on any atom is -0.504 e. The highest BCUT2D eigenvalue weighted by Gasteiger charge is 2.24. The number of nitrogens with zero attached hydrogens (tertiary/aromatic N) is 3. The van der Waals surface area contributed by atoms with Crippen LogP contribution in [-0.4, -0.2) is 34.6 Å². The Kier molecular flexibility index (Phi) is 4.70. The van der Waals surface area contributed by atoms with Crippen molar-refractivity contribution in [3.05, 3.63) is 47.5 Å². The molecule has 28 heavy (non-hydrogen) atoms. The lowest BCUT2D eigenvalue weighted by atomic mass is 10.0. The molecule has 0 saturated heterocycles. The predicted molar refractivity (Wildman–Crippen MR) is 108 cm³/mol. The van der Waals surface area contributed by atoms with E-state index in [-0.39, 0.29) is 11.5 Å². The van der Waals surface area contributed by atoms with Crippen LogP contribution >= 0.6 is 11.5 Å². The zero-order valence-corrected chi connectivity index (χ0v) is 16.3. The summed E-state index contributed by atoms with van der Waals surface area (Å²) >= 11 is 1.31. The zero-order chi connectivity index (χ0) is 19.7. The van der Waals surface area contributed by atoms with E-state index in [1.807, 2.05) is 29.6 Å². The minimum atomic E-state index is -0.0757. The normalized spacial score (nSPS) is 11.8. The molecule has 0 unspecified atom stereocenters. The van der Waals surface area contributed by atoms with Gasteiger partial charge in [0.05, 0.1) is 42.8 Å². The summed E-state index contributed by atoms with van der Waals surface area (Å²) in [5.74, 6) is 0.651. The Balaban J connectivity index is 1.80. The fourth-order valence-electron chi connectivity index (χ4n) is 3.11. The Morgan fingerprint density at radius 1 is 1.11 bits per heavy atom. The monoisotopic (exact) mass is 395 g/mol. The van der Waals surface area contributed by atoms with Crippen LogP contribution in [-0.2, 0) is 0 Å². The first-order valence-corrected chi connectivity index (χ1v) is 9.25. The largest absolute Gasteiger partial charge is 0.504 e. The van der Waals surface area contributed by atoms with Crippen LogP contribution in [0.4, 0.5) is 5.69 Å². The molecule has 1 N–H and O–H groups in total. The van der Waals surface area contributed by atoms with E-state index in [2.05, 4.69) is 14.6 Å². The number of aromatic nitrogens is 2. The van der Waals surface area contributed by atoms with E-state index in [9.17, 15) is 5.11 Å². The molecule has 0 fully saturated rings. The lowest BCUT2D eigenvalue weighted by Gasteiger charge is -2.14. The van der Waals surface area contributed by atoms with Gasteiger partial charge in [0.15, 0.2) is 11.3 Å². The maximum atomic E-state index is 10.8. The second-order valence-corrected chi connectivity index (χ2v) is 6.60. The number of benzene rings is 2. The van der Waals surface area contributed by atoms with E-state index in [1.54, 1.807) is 20.1 Å². The molecule has 7 nitrogen and oxygen atoms in total. The molecule has 8 heteroatoms. The van der Waals surface area contributed by atoms with E-state index in [0.29, 0.717) is 28.0 Å². The van der Waals surface area contributed by atoms with E-state index in [0.717, 1.165) is 16.9 Å². The van der Waals surface area contributed by atoms with Crippen LogP contribution in [0.5, 0.6) is 17.2 Å². The molecule has 142 valence electrons. The topological polar surface area (TPSA) is 90.0 Å². The average molecular weight is 395 g/mol. The predicted octanol–water partition coefficient (Wildman–Crippen LogP) is 4.81. The minimum absolute atomic E-state index is 0.0757. The zero-order valence-electron chi connectivity index (χ0n) is 15.5. The Hall–Kier alpha value is -3.39. The molecule has 0 spiro atoms. The Morgan fingerprint density at radius 3 is 2.50 bits per heavy atom. The molecule has 0 aliphatic rings. The molecule has 0 aliphatic carbocycles. The van der Waals surface area contributed by atoms with Crippen LogP contribution in [0.25, 0.3) is 22.2 Å². The van der Waals surface area contributed by atoms with E-state index in [1.165, 1.54) is 24.9 Å². The van der Waals surface area contributed by atoms with E-state index >= 15 is 0 Å². The van der Waals surface area contributed by atoms with Crippen molar-refractivity contribution < 1.29 is 19.0 Å². The number of hydrogen-bond acceptors (Lipinski definition) is 8. The van der Waals surface area contributed by atoms with Crippen molar-refractivity contribution in [2.45, 2.75) is 6.92 Å². The van der Waals surface area contributed by atoms with Gasteiger partial charge in [0, 0.05) is 10.9 Å². The maximum Gasteiger partial charge on any atom is 0.205 e. The molecule has 4 rings (SSSR count). The highest BCUT2D eigenvalue weighted by atomic mass is 32.1. The first kappa shape index (κ1) is 18.0. The molecule has 0 atom stereocenters. The molecular formula is C20H17N3O4S. The van der Waals surface area contributed by atoms with Gasteiger partial charge in [-0.25, -0.2) is 0 Å². The fourth-order valence-corrected chi connectivity index (χ4v) is 3.58. The van der Waals surface area contributed by atoms with Crippen LogP contribution in [0, 0.1) is 0 Å². The van der Waals surface area contributed by atoms with Crippen LogP contribution in [0.3, 0.4) is 0 Å². The molecule has 0 radical (unpaired) electrons. The number of ether oxygens (including phenoxy) is 2. The quantitative estimate of drug-likeness (QED) is 0.488. The van der Waals surface area contributed by atoms with Gasteiger partial charge >= 0.3 is 0 Å². The van der Waals surface area contributed by atoms with Crippen molar-refractivity contribution in [1.82, 2.24) is 9.59 Å². The molecule has 0 amide bonds. The van der Waals surface area contributed by atoms with E-state index < -0.39 is 0 Å². The number of phenolic OH excluding ortho intramolecular Hbond substituents is 1. The molecule has 0 bridgehead atoms. The van der Waals surface area contributed by atoms with Crippen molar-refractivity contribution in [1.29, 1.82) is 0 Å². The number of rotatable bonds is 5. The lowest BCUT2D eigenvalue weighted by molar-refractivity contribution is 0.364. The second kappa shape index (κ2) is 7.32. The lowest BCUT2D eigenvalue weighted by Crippen LogP contribution is -2.02. The summed E-state index contributed by atoms with van der Waals surface area (Å²) in [6.07, 6.45) is 1.53. The Labute approximate surface area is 165 Å². The number of methoxy groups -OCH3 is 2. The third-order valence-electron chi connectivity index (χ3n) is 4.38. The van der Waals surface area contributed by atoms with Crippen molar-refractivity contribution in [3.8, 4) is 28.5 Å². The first-order valence-electron chi connectivity index (χ1n) is 8.41. The molecule has 0 aliphatic heterocycles. The Bertz CT molecular complexity index is 1150. The van der Waals surface area contributed by atoms with Crippen LogP contribution < -0.4 is 9.47 Å². The summed E-state index contributed by atoms with van der Waals surface area (Å²) in [4.78, 5) is 4.64. The third-order valence-corrected chi connectivity index (χ3v) is 4.89. The van der Waals surface area contributed by atoms with Gasteiger partial charge < -0.3 is 19.0 Å². The van der Waals surface area contributed by atoms with Gasteiger partial charge in [-0.2, -0.15) is 0 Å². The fraction of sp³-hybridized carbons (Fsp3) is 0.150. The Morgan fingerprint density at radius 2 is 1.86 bits per heavy atom. The van der Waals surface area contributed by atoms with Gasteiger partial charge in [-0.1, -0.05) is 16.6 Å². The van der Waals surface area contributed by atoms with Crippen molar-refractivity contribution in [2.75, 3.05) is 14.2 Å². The third kappa shape index (κ3) is 2.97. The molecule has 2 aromatic heterocycles. The van der Waals surface area contributed by atoms with Gasteiger partial charge in [0.2, 0.25) is 5.75 Å². The van der Waals surface area contributed by atoms with Gasteiger partial charge in [-0.05, 0) is 36.7 Å². The van der Waals surface area contributed by atoms with Crippen molar-refractivity contribution in [2.24, 2.45) is 4.99 Å². The number of aromatic hydroxyl groups is 1. The molecule has 2 heterocycles. The van der Waals surface area contributed by atoms with Crippen molar-refractivity contribution >= 4 is 33.9 Å². The van der Waals surface area contributed by atoms with Crippen molar-refractivity contribution in [3.63, 3.8) is 0 Å². The van der Waals surface area contributed by atoms with Crippen LogP contribution in [0.1, 0.15) is 12.5 Å². The second-order valence-electron chi connectivity index (χ2n) is 5.99. The SMILES string of the molecule is COc1c(C(C)=Nc2ccc(-c3csnn3)cc2)c(O)c(OC)c2occc12. The summed E-state index contributed by atoms with van der Waals surface area (Å²) in [6.45, 7) is 1.81.